The summed E-state index contributed by atoms with van der Waals surface area (Å²) in [4.78, 5) is 26.7. The first-order chi connectivity index (χ1) is 12.6. The van der Waals surface area contributed by atoms with Gasteiger partial charge in [0.15, 0.2) is 0 Å². The molecule has 1 heterocycles. The molecule has 0 fully saturated rings. The number of hydrogen-bond acceptors (Lipinski definition) is 4. The number of carboxylic acid groups (broad SMARTS) is 1. The van der Waals surface area contributed by atoms with Gasteiger partial charge in [0.1, 0.15) is 5.69 Å². The Labute approximate surface area is 150 Å². The number of carbonyl (C=O) groups excluding carboxylic acids is 1. The summed E-state index contributed by atoms with van der Waals surface area (Å²) in [6.45, 7) is 0. The Balaban J connectivity index is 1.56. The molecule has 0 radical (unpaired) electrons. The second kappa shape index (κ2) is 7.94. The molecular formula is C20H17N3O3. The third-order valence-corrected chi connectivity index (χ3v) is 3.64. The monoisotopic (exact) mass is 347 g/mol. The van der Waals surface area contributed by atoms with E-state index >= 15 is 0 Å². The number of pyridine rings is 1. The van der Waals surface area contributed by atoms with Gasteiger partial charge in [-0.15, -0.1) is 0 Å². The number of carboxylic acids is 1. The Bertz CT molecular complexity index is 892. The van der Waals surface area contributed by atoms with Crippen LogP contribution in [0.2, 0.25) is 0 Å². The van der Waals surface area contributed by atoms with Gasteiger partial charge in [-0.3, -0.25) is 4.79 Å². The lowest BCUT2D eigenvalue weighted by atomic mass is 10.2. The van der Waals surface area contributed by atoms with Crippen molar-refractivity contribution in [3.8, 4) is 0 Å². The maximum Gasteiger partial charge on any atom is 0.354 e. The van der Waals surface area contributed by atoms with Crippen molar-refractivity contribution in [1.29, 1.82) is 0 Å². The Kier molecular flexibility index (Phi) is 5.24. The van der Waals surface area contributed by atoms with Crippen molar-refractivity contribution in [2.45, 2.75) is 6.42 Å². The molecule has 0 unspecified atom stereocenters. The molecule has 0 aliphatic heterocycles. The summed E-state index contributed by atoms with van der Waals surface area (Å²) in [5.41, 5.74) is 3.19. The number of nitrogens with one attached hydrogen (secondary N) is 2. The zero-order valence-electron chi connectivity index (χ0n) is 13.8. The second-order valence-electron chi connectivity index (χ2n) is 5.65. The summed E-state index contributed by atoms with van der Waals surface area (Å²) >= 11 is 0. The highest BCUT2D eigenvalue weighted by Gasteiger charge is 2.07. The molecule has 0 aliphatic carbocycles. The van der Waals surface area contributed by atoms with E-state index in [9.17, 15) is 9.59 Å². The van der Waals surface area contributed by atoms with Crippen molar-refractivity contribution in [1.82, 2.24) is 4.98 Å². The number of hydrogen-bond donors (Lipinski definition) is 3. The first-order valence-corrected chi connectivity index (χ1v) is 8.00. The Morgan fingerprint density at radius 3 is 2.12 bits per heavy atom. The van der Waals surface area contributed by atoms with Crippen LogP contribution < -0.4 is 10.6 Å². The lowest BCUT2D eigenvalue weighted by Gasteiger charge is -2.09. The zero-order valence-corrected chi connectivity index (χ0v) is 13.8. The van der Waals surface area contributed by atoms with Gasteiger partial charge in [-0.05, 0) is 48.0 Å². The highest BCUT2D eigenvalue weighted by atomic mass is 16.4. The molecule has 3 aromatic rings. The molecule has 1 amide bonds. The molecule has 0 saturated heterocycles. The number of benzene rings is 2. The largest absolute Gasteiger partial charge is 0.477 e. The number of aromatic carboxylic acids is 1. The van der Waals surface area contributed by atoms with E-state index in [2.05, 4.69) is 15.6 Å². The molecule has 3 N–H and O–H groups in total. The standard InChI is InChI=1S/C20H17N3O3/c24-19(12-14-6-11-18(20(25)26)21-13-14)23-17-9-7-16(8-10-17)22-15-4-2-1-3-5-15/h1-11,13,22H,12H2,(H,23,24)(H,25,26). The number of para-hydroxylation sites is 1. The molecule has 6 heteroatoms. The van der Waals surface area contributed by atoms with Gasteiger partial charge in [0.25, 0.3) is 0 Å². The van der Waals surface area contributed by atoms with Crippen molar-refractivity contribution in [3.05, 3.63) is 84.2 Å². The van der Waals surface area contributed by atoms with E-state index in [-0.39, 0.29) is 18.0 Å². The lowest BCUT2D eigenvalue weighted by Crippen LogP contribution is -2.14. The van der Waals surface area contributed by atoms with Crippen LogP contribution in [0.5, 0.6) is 0 Å². The highest BCUT2D eigenvalue weighted by Crippen LogP contribution is 2.18. The first-order valence-electron chi connectivity index (χ1n) is 8.00. The van der Waals surface area contributed by atoms with Crippen molar-refractivity contribution in [2.75, 3.05) is 10.6 Å². The second-order valence-corrected chi connectivity index (χ2v) is 5.65. The van der Waals surface area contributed by atoms with Crippen LogP contribution in [0, 0.1) is 0 Å². The molecule has 0 atom stereocenters. The Morgan fingerprint density at radius 2 is 1.50 bits per heavy atom. The van der Waals surface area contributed by atoms with E-state index < -0.39 is 5.97 Å². The predicted molar refractivity (Wildman–Crippen MR) is 99.7 cm³/mol. The van der Waals surface area contributed by atoms with Gasteiger partial charge in [0, 0.05) is 23.3 Å². The fourth-order valence-electron chi connectivity index (χ4n) is 2.37. The predicted octanol–water partition coefficient (Wildman–Crippen LogP) is 3.70. The minimum atomic E-state index is -1.09. The van der Waals surface area contributed by atoms with Gasteiger partial charge in [-0.1, -0.05) is 24.3 Å². The quantitative estimate of drug-likeness (QED) is 0.632. The van der Waals surface area contributed by atoms with Crippen LogP contribution in [-0.2, 0) is 11.2 Å². The maximum atomic E-state index is 12.1. The number of nitrogens with zero attached hydrogens (tertiary/aromatic N) is 1. The number of amides is 1. The van der Waals surface area contributed by atoms with E-state index in [4.69, 9.17) is 5.11 Å². The van der Waals surface area contributed by atoms with Crippen LogP contribution in [0.25, 0.3) is 0 Å². The summed E-state index contributed by atoms with van der Waals surface area (Å²) in [6.07, 6.45) is 1.52. The normalized spacial score (nSPS) is 10.2. The zero-order chi connectivity index (χ0) is 18.4. The van der Waals surface area contributed by atoms with Crippen LogP contribution in [-0.4, -0.2) is 22.0 Å². The van der Waals surface area contributed by atoms with Gasteiger partial charge in [-0.2, -0.15) is 0 Å². The smallest absolute Gasteiger partial charge is 0.354 e. The lowest BCUT2D eigenvalue weighted by molar-refractivity contribution is -0.115. The van der Waals surface area contributed by atoms with Gasteiger partial charge in [0.05, 0.1) is 6.42 Å². The summed E-state index contributed by atoms with van der Waals surface area (Å²) in [5.74, 6) is -1.29. The third-order valence-electron chi connectivity index (χ3n) is 3.64. The molecule has 3 rings (SSSR count). The summed E-state index contributed by atoms with van der Waals surface area (Å²) in [6, 6.07) is 20.2. The molecule has 0 spiro atoms. The van der Waals surface area contributed by atoms with Gasteiger partial charge < -0.3 is 15.7 Å². The fraction of sp³-hybridized carbons (Fsp3) is 0.0500. The van der Waals surface area contributed by atoms with Crippen LogP contribution in [0.15, 0.2) is 72.9 Å². The van der Waals surface area contributed by atoms with E-state index in [1.165, 1.54) is 12.3 Å². The Morgan fingerprint density at radius 1 is 0.846 bits per heavy atom. The summed E-state index contributed by atoms with van der Waals surface area (Å²) in [7, 11) is 0. The number of aromatic nitrogens is 1. The van der Waals surface area contributed by atoms with E-state index in [1.54, 1.807) is 6.07 Å². The van der Waals surface area contributed by atoms with Gasteiger partial charge >= 0.3 is 5.97 Å². The minimum Gasteiger partial charge on any atom is -0.477 e. The summed E-state index contributed by atoms with van der Waals surface area (Å²) < 4.78 is 0. The molecule has 6 nitrogen and oxygen atoms in total. The van der Waals surface area contributed by atoms with Crippen molar-refractivity contribution in [3.63, 3.8) is 0 Å². The van der Waals surface area contributed by atoms with E-state index in [0.717, 1.165) is 11.4 Å². The molecule has 0 bridgehead atoms. The molecular weight excluding hydrogens is 330 g/mol. The van der Waals surface area contributed by atoms with Gasteiger partial charge in [0.2, 0.25) is 5.91 Å². The van der Waals surface area contributed by atoms with E-state index in [0.29, 0.717) is 11.3 Å². The fourth-order valence-corrected chi connectivity index (χ4v) is 2.37. The van der Waals surface area contributed by atoms with Crippen LogP contribution in [0.1, 0.15) is 16.1 Å². The molecule has 2 aromatic carbocycles. The van der Waals surface area contributed by atoms with Crippen molar-refractivity contribution < 1.29 is 14.7 Å². The SMILES string of the molecule is O=C(Cc1ccc(C(=O)O)nc1)Nc1ccc(Nc2ccccc2)cc1. The highest BCUT2D eigenvalue weighted by molar-refractivity contribution is 5.92. The van der Waals surface area contributed by atoms with Crippen LogP contribution in [0.4, 0.5) is 17.1 Å². The number of anilines is 3. The van der Waals surface area contributed by atoms with Crippen molar-refractivity contribution in [2.24, 2.45) is 0 Å². The van der Waals surface area contributed by atoms with Crippen LogP contribution >= 0.6 is 0 Å². The molecule has 26 heavy (non-hydrogen) atoms. The minimum absolute atomic E-state index is 0.0457. The average Bonchev–Trinajstić information content (AvgIpc) is 2.64. The van der Waals surface area contributed by atoms with Crippen LogP contribution in [0.3, 0.4) is 0 Å². The summed E-state index contributed by atoms with van der Waals surface area (Å²) in [5, 5.41) is 14.9. The number of rotatable bonds is 6. The molecule has 0 aliphatic rings. The molecule has 130 valence electrons. The topological polar surface area (TPSA) is 91.3 Å². The van der Waals surface area contributed by atoms with E-state index in [1.807, 2.05) is 54.6 Å². The van der Waals surface area contributed by atoms with Crippen molar-refractivity contribution >= 4 is 28.9 Å². The third kappa shape index (κ3) is 4.67. The Hall–Kier alpha value is -3.67. The maximum absolute atomic E-state index is 12.1. The molecule has 1 aromatic heterocycles. The number of carbonyl (C=O) groups is 2. The van der Waals surface area contributed by atoms with Gasteiger partial charge in [-0.25, -0.2) is 9.78 Å². The average molecular weight is 347 g/mol. The first kappa shape index (κ1) is 17.2. The molecule has 0 saturated carbocycles.